The molecular weight excluding hydrogens is 343 g/mol. The van der Waals surface area contributed by atoms with Crippen molar-refractivity contribution in [1.29, 1.82) is 0 Å². The number of amides is 1. The van der Waals surface area contributed by atoms with Gasteiger partial charge in [-0.1, -0.05) is 23.2 Å². The molecule has 0 aliphatic carbocycles. The Kier molecular flexibility index (Phi) is 5.97. The van der Waals surface area contributed by atoms with Crippen molar-refractivity contribution in [2.45, 2.75) is 11.8 Å². The molecule has 0 aliphatic heterocycles. The molecular formula is C11H12Cl2N2O5S. The minimum atomic E-state index is -4.05. The molecule has 0 unspecified atom stereocenters. The summed E-state index contributed by atoms with van der Waals surface area (Å²) in [6, 6.07) is 2.11. The van der Waals surface area contributed by atoms with E-state index in [4.69, 9.17) is 28.3 Å². The van der Waals surface area contributed by atoms with Crippen LogP contribution in [0.4, 0.5) is 0 Å². The normalized spacial score (nSPS) is 11.2. The second-order valence-electron chi connectivity index (χ2n) is 3.95. The minimum Gasteiger partial charge on any atom is -0.478 e. The Labute approximate surface area is 131 Å². The number of hydrogen-bond acceptors (Lipinski definition) is 4. The molecule has 0 aliphatic rings. The van der Waals surface area contributed by atoms with E-state index in [0.717, 1.165) is 12.1 Å². The van der Waals surface area contributed by atoms with Gasteiger partial charge in [0.15, 0.2) is 0 Å². The lowest BCUT2D eigenvalue weighted by Crippen LogP contribution is -2.33. The third-order valence-corrected chi connectivity index (χ3v) is 4.54. The van der Waals surface area contributed by atoms with Gasteiger partial charge < -0.3 is 10.4 Å². The van der Waals surface area contributed by atoms with E-state index in [1.807, 2.05) is 0 Å². The molecule has 0 saturated carbocycles. The van der Waals surface area contributed by atoms with Crippen molar-refractivity contribution < 1.29 is 23.1 Å². The molecule has 1 aromatic carbocycles. The van der Waals surface area contributed by atoms with Crippen LogP contribution in [-0.2, 0) is 14.8 Å². The van der Waals surface area contributed by atoms with Crippen molar-refractivity contribution in [3.8, 4) is 0 Å². The summed E-state index contributed by atoms with van der Waals surface area (Å²) in [4.78, 5) is 21.2. The Hall–Kier alpha value is -1.35. The summed E-state index contributed by atoms with van der Waals surface area (Å²) >= 11 is 11.5. The average Bonchev–Trinajstić information content (AvgIpc) is 2.36. The van der Waals surface area contributed by atoms with E-state index in [0.29, 0.717) is 0 Å². The minimum absolute atomic E-state index is 0.0703. The fourth-order valence-electron chi connectivity index (χ4n) is 1.42. The molecule has 3 N–H and O–H groups in total. The second kappa shape index (κ2) is 7.08. The fraction of sp³-hybridized carbons (Fsp3) is 0.273. The molecule has 1 aromatic rings. The highest BCUT2D eigenvalue weighted by Crippen LogP contribution is 2.29. The Balaban J connectivity index is 3.03. The quantitative estimate of drug-likeness (QED) is 0.662. The lowest BCUT2D eigenvalue weighted by molar-refractivity contribution is -0.118. The molecule has 0 bridgehead atoms. The number of carboxylic acid groups (broad SMARTS) is 1. The largest absolute Gasteiger partial charge is 0.478 e. The number of rotatable bonds is 6. The molecule has 7 nitrogen and oxygen atoms in total. The lowest BCUT2D eigenvalue weighted by Gasteiger charge is -2.10. The highest BCUT2D eigenvalue weighted by atomic mass is 35.5. The maximum atomic E-state index is 12.1. The first-order chi connectivity index (χ1) is 9.65. The van der Waals surface area contributed by atoms with E-state index in [1.165, 1.54) is 6.92 Å². The van der Waals surface area contributed by atoms with E-state index in [1.54, 1.807) is 0 Å². The van der Waals surface area contributed by atoms with Crippen molar-refractivity contribution in [1.82, 2.24) is 10.0 Å². The third kappa shape index (κ3) is 4.85. The summed E-state index contributed by atoms with van der Waals surface area (Å²) in [5, 5.41) is 10.9. The van der Waals surface area contributed by atoms with E-state index < -0.39 is 31.5 Å². The number of carbonyl (C=O) groups excluding carboxylic acids is 1. The fourth-order valence-corrected chi connectivity index (χ4v) is 3.35. The van der Waals surface area contributed by atoms with Crippen LogP contribution in [0.25, 0.3) is 0 Å². The van der Waals surface area contributed by atoms with Crippen LogP contribution < -0.4 is 10.0 Å². The van der Waals surface area contributed by atoms with Crippen molar-refractivity contribution in [2.75, 3.05) is 13.1 Å². The smallest absolute Gasteiger partial charge is 0.337 e. The van der Waals surface area contributed by atoms with Gasteiger partial charge in [-0.3, -0.25) is 4.79 Å². The van der Waals surface area contributed by atoms with Gasteiger partial charge in [0.25, 0.3) is 0 Å². The van der Waals surface area contributed by atoms with Crippen LogP contribution in [0, 0.1) is 0 Å². The molecule has 116 valence electrons. The highest BCUT2D eigenvalue weighted by molar-refractivity contribution is 7.89. The molecule has 1 rings (SSSR count). The third-order valence-electron chi connectivity index (χ3n) is 2.31. The van der Waals surface area contributed by atoms with E-state index in [9.17, 15) is 18.0 Å². The van der Waals surface area contributed by atoms with Gasteiger partial charge in [0, 0.05) is 25.0 Å². The van der Waals surface area contributed by atoms with Crippen LogP contribution in [0.2, 0.25) is 10.0 Å². The Bertz CT molecular complexity index is 675. The molecule has 0 fully saturated rings. The van der Waals surface area contributed by atoms with Crippen LogP contribution in [0.1, 0.15) is 17.3 Å². The van der Waals surface area contributed by atoms with Gasteiger partial charge in [-0.2, -0.15) is 0 Å². The number of sulfonamides is 1. The van der Waals surface area contributed by atoms with E-state index in [2.05, 4.69) is 10.0 Å². The molecule has 0 saturated heterocycles. The molecule has 1 amide bonds. The Morgan fingerprint density at radius 1 is 1.24 bits per heavy atom. The van der Waals surface area contributed by atoms with Crippen molar-refractivity contribution in [3.63, 3.8) is 0 Å². The summed E-state index contributed by atoms with van der Waals surface area (Å²) in [6.45, 7) is 1.30. The predicted molar refractivity (Wildman–Crippen MR) is 77.3 cm³/mol. The summed E-state index contributed by atoms with van der Waals surface area (Å²) in [5.74, 6) is -1.69. The second-order valence-corrected chi connectivity index (χ2v) is 6.50. The topological polar surface area (TPSA) is 113 Å². The van der Waals surface area contributed by atoms with Crippen LogP contribution >= 0.6 is 23.2 Å². The summed E-state index contributed by atoms with van der Waals surface area (Å²) in [7, 11) is -4.05. The zero-order chi connectivity index (χ0) is 16.2. The number of nitrogens with one attached hydrogen (secondary N) is 2. The molecule has 0 spiro atoms. The van der Waals surface area contributed by atoms with Gasteiger partial charge in [-0.05, 0) is 12.1 Å². The predicted octanol–water partition coefficient (Wildman–Crippen LogP) is 1.11. The van der Waals surface area contributed by atoms with Gasteiger partial charge in [0.05, 0.1) is 10.6 Å². The highest BCUT2D eigenvalue weighted by Gasteiger charge is 2.23. The zero-order valence-corrected chi connectivity index (χ0v) is 13.1. The van der Waals surface area contributed by atoms with Gasteiger partial charge in [0.1, 0.15) is 4.90 Å². The number of carbonyl (C=O) groups is 2. The first kappa shape index (κ1) is 17.7. The van der Waals surface area contributed by atoms with Gasteiger partial charge >= 0.3 is 5.97 Å². The Morgan fingerprint density at radius 3 is 2.38 bits per heavy atom. The van der Waals surface area contributed by atoms with Crippen molar-refractivity contribution >= 4 is 45.1 Å². The lowest BCUT2D eigenvalue weighted by atomic mass is 10.2. The first-order valence-corrected chi connectivity index (χ1v) is 7.85. The molecule has 0 aromatic heterocycles. The van der Waals surface area contributed by atoms with Crippen molar-refractivity contribution in [3.05, 3.63) is 27.7 Å². The zero-order valence-electron chi connectivity index (χ0n) is 10.8. The van der Waals surface area contributed by atoms with E-state index in [-0.39, 0.29) is 24.0 Å². The summed E-state index contributed by atoms with van der Waals surface area (Å²) in [5.41, 5.74) is -0.411. The number of aromatic carboxylic acids is 1. The van der Waals surface area contributed by atoms with E-state index >= 15 is 0 Å². The number of hydrogen-bond donors (Lipinski definition) is 3. The number of benzene rings is 1. The number of halogens is 2. The molecule has 0 radical (unpaired) electrons. The van der Waals surface area contributed by atoms with Gasteiger partial charge in [0.2, 0.25) is 15.9 Å². The SMILES string of the molecule is CC(=O)NCCNS(=O)(=O)c1cc(Cl)cc(C(=O)O)c1Cl. The van der Waals surface area contributed by atoms with Gasteiger partial charge in [-0.15, -0.1) is 0 Å². The summed E-state index contributed by atoms with van der Waals surface area (Å²) in [6.07, 6.45) is 0. The molecule has 0 heterocycles. The van der Waals surface area contributed by atoms with Crippen LogP contribution in [0.5, 0.6) is 0 Å². The standard InChI is InChI=1S/C11H12Cl2N2O5S/c1-6(16)14-2-3-15-21(19,20)9-5-7(12)4-8(10(9)13)11(17)18/h4-5,15H,2-3H2,1H3,(H,14,16)(H,17,18). The van der Waals surface area contributed by atoms with Crippen LogP contribution in [0.3, 0.4) is 0 Å². The van der Waals surface area contributed by atoms with Crippen LogP contribution in [0.15, 0.2) is 17.0 Å². The first-order valence-electron chi connectivity index (χ1n) is 5.61. The summed E-state index contributed by atoms with van der Waals surface area (Å²) < 4.78 is 26.3. The average molecular weight is 355 g/mol. The Morgan fingerprint density at radius 2 is 1.86 bits per heavy atom. The molecule has 21 heavy (non-hydrogen) atoms. The van der Waals surface area contributed by atoms with Crippen LogP contribution in [-0.4, -0.2) is 38.5 Å². The molecule has 0 atom stereocenters. The van der Waals surface area contributed by atoms with Crippen molar-refractivity contribution in [2.24, 2.45) is 0 Å². The number of carboxylic acids is 1. The maximum Gasteiger partial charge on any atom is 0.337 e. The molecule has 10 heteroatoms. The maximum absolute atomic E-state index is 12.1. The monoisotopic (exact) mass is 354 g/mol. The van der Waals surface area contributed by atoms with Gasteiger partial charge in [-0.25, -0.2) is 17.9 Å².